The van der Waals surface area contributed by atoms with Crippen molar-refractivity contribution >= 4 is 5.84 Å². The summed E-state index contributed by atoms with van der Waals surface area (Å²) in [6.07, 6.45) is 3.65. The lowest BCUT2D eigenvalue weighted by atomic mass is 10.1. The fraction of sp³-hybridized carbons (Fsp3) is 0.300. The maximum Gasteiger partial charge on any atom is 0.137 e. The summed E-state index contributed by atoms with van der Waals surface area (Å²) in [6, 6.07) is 0. The summed E-state index contributed by atoms with van der Waals surface area (Å²) in [7, 11) is 0. The number of allylic oxidation sites excluding steroid dienone is 2. The van der Waals surface area contributed by atoms with Gasteiger partial charge in [0.05, 0.1) is 0 Å². The minimum atomic E-state index is 0.905. The van der Waals surface area contributed by atoms with E-state index >= 15 is 0 Å². The Hall–Kier alpha value is -1.31. The minimum absolute atomic E-state index is 0.905. The molecule has 0 bridgehead atoms. The van der Waals surface area contributed by atoms with Crippen LogP contribution in [0.4, 0.5) is 0 Å². The molecule has 2 nitrogen and oxygen atoms in total. The quantitative estimate of drug-likeness (QED) is 0.629. The predicted molar refractivity (Wildman–Crippen MR) is 52.9 cm³/mol. The van der Waals surface area contributed by atoms with Gasteiger partial charge in [0.15, 0.2) is 0 Å². The Morgan fingerprint density at radius 2 is 2.25 bits per heavy atom. The first-order valence-electron chi connectivity index (χ1n) is 3.97. The topological polar surface area (TPSA) is 24.4 Å². The number of nitrogens with one attached hydrogen (secondary N) is 1. The Bertz CT molecular complexity index is 289. The lowest BCUT2D eigenvalue weighted by Gasteiger charge is -2.01. The second-order valence-electron chi connectivity index (χ2n) is 3.03. The molecule has 0 aliphatic carbocycles. The third-order valence-electron chi connectivity index (χ3n) is 1.69. The predicted octanol–water partition coefficient (Wildman–Crippen LogP) is 2.37. The number of hydrogen-bond acceptors (Lipinski definition) is 1. The van der Waals surface area contributed by atoms with E-state index in [0.717, 1.165) is 11.5 Å². The van der Waals surface area contributed by atoms with E-state index in [-0.39, 0.29) is 0 Å². The number of hydrogen-bond donors (Lipinski definition) is 1. The Balaban J connectivity index is 3.06. The highest BCUT2D eigenvalue weighted by Gasteiger charge is 2.12. The third-order valence-corrected chi connectivity index (χ3v) is 1.69. The van der Waals surface area contributed by atoms with Crippen molar-refractivity contribution in [3.8, 4) is 0 Å². The molecular formula is C10H14N2. The smallest absolute Gasteiger partial charge is 0.137 e. The van der Waals surface area contributed by atoms with Crippen LogP contribution >= 0.6 is 0 Å². The van der Waals surface area contributed by atoms with E-state index in [9.17, 15) is 0 Å². The highest BCUT2D eigenvalue weighted by molar-refractivity contribution is 6.05. The van der Waals surface area contributed by atoms with Crippen LogP contribution in [0.15, 0.2) is 40.7 Å². The zero-order valence-corrected chi connectivity index (χ0v) is 7.81. The van der Waals surface area contributed by atoms with Gasteiger partial charge in [0.1, 0.15) is 5.84 Å². The average molecular weight is 162 g/mol. The van der Waals surface area contributed by atoms with E-state index in [0.29, 0.717) is 0 Å². The van der Waals surface area contributed by atoms with Crippen LogP contribution in [-0.4, -0.2) is 5.84 Å². The maximum absolute atomic E-state index is 4.14. The number of rotatable bonds is 1. The molecule has 0 fully saturated rings. The van der Waals surface area contributed by atoms with Crippen molar-refractivity contribution in [3.05, 3.63) is 35.7 Å². The summed E-state index contributed by atoms with van der Waals surface area (Å²) >= 11 is 0. The van der Waals surface area contributed by atoms with Crippen molar-refractivity contribution < 1.29 is 0 Å². The van der Waals surface area contributed by atoms with Crippen LogP contribution in [0.2, 0.25) is 0 Å². The van der Waals surface area contributed by atoms with Gasteiger partial charge in [-0.05, 0) is 26.8 Å². The molecule has 0 radical (unpaired) electrons. The zero-order chi connectivity index (χ0) is 9.14. The van der Waals surface area contributed by atoms with Crippen molar-refractivity contribution in [1.82, 2.24) is 5.32 Å². The van der Waals surface area contributed by atoms with E-state index < -0.39 is 0 Å². The monoisotopic (exact) mass is 162 g/mol. The first-order chi connectivity index (χ1) is 5.65. The molecule has 1 N–H and O–H groups in total. The van der Waals surface area contributed by atoms with Gasteiger partial charge < -0.3 is 5.32 Å². The molecule has 0 unspecified atom stereocenters. The van der Waals surface area contributed by atoms with Gasteiger partial charge in [-0.1, -0.05) is 12.2 Å². The van der Waals surface area contributed by atoms with Crippen LogP contribution in [0.1, 0.15) is 20.8 Å². The van der Waals surface area contributed by atoms with Crippen LogP contribution in [0, 0.1) is 0 Å². The Morgan fingerprint density at radius 3 is 2.75 bits per heavy atom. The molecule has 0 saturated heterocycles. The van der Waals surface area contributed by atoms with Crippen LogP contribution in [0.5, 0.6) is 0 Å². The van der Waals surface area contributed by atoms with Gasteiger partial charge in [-0.25, -0.2) is 4.99 Å². The molecule has 0 atom stereocenters. The Morgan fingerprint density at radius 1 is 1.58 bits per heavy atom. The second kappa shape index (κ2) is 3.39. The van der Waals surface area contributed by atoms with Crippen LogP contribution in [0.25, 0.3) is 0 Å². The van der Waals surface area contributed by atoms with Crippen LogP contribution in [0.3, 0.4) is 0 Å². The Kier molecular flexibility index (Phi) is 2.48. The van der Waals surface area contributed by atoms with E-state index in [4.69, 9.17) is 0 Å². The molecule has 1 heterocycles. The van der Waals surface area contributed by atoms with E-state index in [1.807, 2.05) is 6.92 Å². The standard InChI is InChI=1S/C10H14N2/c1-5-11-10-9(7(2)3)6-8(4)12-10/h5-6H,1H2,2-4H3,(H,11,12). The third kappa shape index (κ3) is 1.64. The minimum Gasteiger partial charge on any atom is -0.344 e. The largest absolute Gasteiger partial charge is 0.344 e. The van der Waals surface area contributed by atoms with Gasteiger partial charge >= 0.3 is 0 Å². The zero-order valence-electron chi connectivity index (χ0n) is 7.81. The fourth-order valence-corrected chi connectivity index (χ4v) is 1.15. The molecule has 0 saturated carbocycles. The molecule has 0 spiro atoms. The summed E-state index contributed by atoms with van der Waals surface area (Å²) in [5, 5.41) is 3.17. The fourth-order valence-electron chi connectivity index (χ4n) is 1.15. The van der Waals surface area contributed by atoms with Gasteiger partial charge in [0.2, 0.25) is 0 Å². The highest BCUT2D eigenvalue weighted by atomic mass is 15.0. The van der Waals surface area contributed by atoms with E-state index in [2.05, 4.69) is 36.8 Å². The molecule has 1 aliphatic rings. The first kappa shape index (κ1) is 8.78. The Labute approximate surface area is 73.4 Å². The number of amidine groups is 1. The number of aliphatic imine (C=N–C) groups is 1. The highest BCUT2D eigenvalue weighted by Crippen LogP contribution is 2.15. The van der Waals surface area contributed by atoms with Gasteiger partial charge in [0.25, 0.3) is 0 Å². The van der Waals surface area contributed by atoms with Gasteiger partial charge in [-0.15, -0.1) is 0 Å². The van der Waals surface area contributed by atoms with E-state index in [1.54, 1.807) is 6.20 Å². The molecule has 0 aromatic heterocycles. The first-order valence-corrected chi connectivity index (χ1v) is 3.97. The van der Waals surface area contributed by atoms with Gasteiger partial charge in [0, 0.05) is 17.5 Å². The van der Waals surface area contributed by atoms with Crippen LogP contribution < -0.4 is 5.32 Å². The van der Waals surface area contributed by atoms with Crippen molar-refractivity contribution in [2.45, 2.75) is 20.8 Å². The lowest BCUT2D eigenvalue weighted by molar-refractivity contribution is 1.15. The maximum atomic E-state index is 4.14. The SMILES string of the molecule is C=C/N=C1/NC(C)=CC1=C(C)C. The van der Waals surface area contributed by atoms with Crippen molar-refractivity contribution in [3.63, 3.8) is 0 Å². The van der Waals surface area contributed by atoms with Crippen molar-refractivity contribution in [2.75, 3.05) is 0 Å². The molecule has 1 aliphatic heterocycles. The lowest BCUT2D eigenvalue weighted by Crippen LogP contribution is -2.16. The van der Waals surface area contributed by atoms with E-state index in [1.165, 1.54) is 11.1 Å². The molecular weight excluding hydrogens is 148 g/mol. The van der Waals surface area contributed by atoms with Crippen molar-refractivity contribution in [2.24, 2.45) is 4.99 Å². The summed E-state index contributed by atoms with van der Waals surface area (Å²) in [4.78, 5) is 4.14. The van der Waals surface area contributed by atoms with Gasteiger partial charge in [-0.3, -0.25) is 0 Å². The number of nitrogens with zero attached hydrogens (tertiary/aromatic N) is 1. The molecule has 0 amide bonds. The summed E-state index contributed by atoms with van der Waals surface area (Å²) < 4.78 is 0. The average Bonchev–Trinajstić information content (AvgIpc) is 2.32. The summed E-state index contributed by atoms with van der Waals surface area (Å²) in [5.41, 5.74) is 3.57. The summed E-state index contributed by atoms with van der Waals surface area (Å²) in [5.74, 6) is 0.905. The molecule has 64 valence electrons. The molecule has 12 heavy (non-hydrogen) atoms. The molecule has 1 rings (SSSR count). The molecule has 2 heteroatoms. The summed E-state index contributed by atoms with van der Waals surface area (Å²) in [6.45, 7) is 9.74. The van der Waals surface area contributed by atoms with Gasteiger partial charge in [-0.2, -0.15) is 0 Å². The molecule has 0 aromatic carbocycles. The molecule has 0 aromatic rings. The normalized spacial score (nSPS) is 19.1. The second-order valence-corrected chi connectivity index (χ2v) is 3.03. The van der Waals surface area contributed by atoms with Crippen LogP contribution in [-0.2, 0) is 0 Å². The van der Waals surface area contributed by atoms with Crippen molar-refractivity contribution in [1.29, 1.82) is 0 Å².